The minimum atomic E-state index is -3.78. The van der Waals surface area contributed by atoms with Gasteiger partial charge in [0, 0.05) is 0 Å². The maximum atomic E-state index is 13.1. The fraction of sp³-hybridized carbons (Fsp3) is 0.500. The number of morpholine rings is 1. The SMILES string of the molecule is C=C(C)[C@H]1CN(S(=O)(=O)c2ccc(C)cc2)[C@H](CC(C)C)C(=O)O1. The minimum absolute atomic E-state index is 0.106. The number of ether oxygens (including phenoxy) is 1. The molecule has 24 heavy (non-hydrogen) atoms. The molecule has 0 aliphatic carbocycles. The predicted octanol–water partition coefficient (Wildman–Crippen LogP) is 2.90. The molecule has 0 radical (unpaired) electrons. The Hall–Kier alpha value is -1.66. The molecule has 0 amide bonds. The maximum absolute atomic E-state index is 13.1. The molecule has 1 fully saturated rings. The summed E-state index contributed by atoms with van der Waals surface area (Å²) in [6.07, 6.45) is -0.187. The predicted molar refractivity (Wildman–Crippen MR) is 93.0 cm³/mol. The summed E-state index contributed by atoms with van der Waals surface area (Å²) in [6, 6.07) is 5.86. The van der Waals surface area contributed by atoms with Gasteiger partial charge in [0.15, 0.2) is 0 Å². The van der Waals surface area contributed by atoms with E-state index in [9.17, 15) is 13.2 Å². The highest BCUT2D eigenvalue weighted by molar-refractivity contribution is 7.89. The van der Waals surface area contributed by atoms with Gasteiger partial charge in [0.25, 0.3) is 0 Å². The second-order valence-corrected chi connectivity index (χ2v) is 8.70. The lowest BCUT2D eigenvalue weighted by Gasteiger charge is -2.38. The summed E-state index contributed by atoms with van der Waals surface area (Å²) in [6.45, 7) is 11.4. The fourth-order valence-electron chi connectivity index (χ4n) is 2.69. The van der Waals surface area contributed by atoms with Gasteiger partial charge in [-0.3, -0.25) is 4.79 Å². The highest BCUT2D eigenvalue weighted by atomic mass is 32.2. The Labute approximate surface area is 144 Å². The van der Waals surface area contributed by atoms with Crippen molar-refractivity contribution >= 4 is 16.0 Å². The highest BCUT2D eigenvalue weighted by Crippen LogP contribution is 2.28. The van der Waals surface area contributed by atoms with Crippen LogP contribution in [-0.2, 0) is 19.6 Å². The van der Waals surface area contributed by atoms with Crippen molar-refractivity contribution in [1.29, 1.82) is 0 Å². The first-order valence-electron chi connectivity index (χ1n) is 8.07. The lowest BCUT2D eigenvalue weighted by molar-refractivity contribution is -0.159. The maximum Gasteiger partial charge on any atom is 0.325 e. The number of carbonyl (C=O) groups is 1. The van der Waals surface area contributed by atoms with Crippen molar-refractivity contribution in [2.75, 3.05) is 6.54 Å². The Morgan fingerprint density at radius 1 is 1.33 bits per heavy atom. The van der Waals surface area contributed by atoms with E-state index in [0.717, 1.165) is 5.56 Å². The van der Waals surface area contributed by atoms with Crippen molar-refractivity contribution in [2.45, 2.75) is 51.2 Å². The molecule has 132 valence electrons. The van der Waals surface area contributed by atoms with Crippen LogP contribution in [0.1, 0.15) is 32.8 Å². The lowest BCUT2D eigenvalue weighted by atomic mass is 10.0. The zero-order valence-corrected chi connectivity index (χ0v) is 15.5. The van der Waals surface area contributed by atoms with E-state index in [1.807, 2.05) is 20.8 Å². The Morgan fingerprint density at radius 3 is 2.42 bits per heavy atom. The fourth-order valence-corrected chi connectivity index (χ4v) is 4.28. The summed E-state index contributed by atoms with van der Waals surface area (Å²) in [5, 5.41) is 0. The number of aryl methyl sites for hydroxylation is 1. The van der Waals surface area contributed by atoms with Crippen molar-refractivity contribution in [1.82, 2.24) is 4.31 Å². The topological polar surface area (TPSA) is 63.7 Å². The summed E-state index contributed by atoms with van der Waals surface area (Å²) < 4.78 is 32.9. The number of esters is 1. The van der Waals surface area contributed by atoms with E-state index in [1.165, 1.54) is 4.31 Å². The van der Waals surface area contributed by atoms with Gasteiger partial charge >= 0.3 is 5.97 Å². The summed E-state index contributed by atoms with van der Waals surface area (Å²) >= 11 is 0. The van der Waals surface area contributed by atoms with E-state index in [4.69, 9.17) is 4.74 Å². The van der Waals surface area contributed by atoms with Crippen molar-refractivity contribution in [2.24, 2.45) is 5.92 Å². The van der Waals surface area contributed by atoms with Gasteiger partial charge in [-0.2, -0.15) is 4.31 Å². The molecule has 0 spiro atoms. The number of hydrogen-bond acceptors (Lipinski definition) is 4. The van der Waals surface area contributed by atoms with Crippen LogP contribution in [0.3, 0.4) is 0 Å². The number of carbonyl (C=O) groups excluding carboxylic acids is 1. The zero-order chi connectivity index (χ0) is 18.1. The van der Waals surface area contributed by atoms with Gasteiger partial charge in [0.2, 0.25) is 10.0 Å². The number of cyclic esters (lactones) is 1. The van der Waals surface area contributed by atoms with Crippen LogP contribution in [0.4, 0.5) is 0 Å². The molecule has 0 bridgehead atoms. The van der Waals surface area contributed by atoms with E-state index in [1.54, 1.807) is 31.2 Å². The molecule has 0 aromatic heterocycles. The van der Waals surface area contributed by atoms with Crippen LogP contribution in [0.5, 0.6) is 0 Å². The van der Waals surface area contributed by atoms with Crippen LogP contribution in [0.15, 0.2) is 41.3 Å². The van der Waals surface area contributed by atoms with E-state index >= 15 is 0 Å². The Balaban J connectivity index is 2.44. The molecule has 6 heteroatoms. The van der Waals surface area contributed by atoms with Crippen LogP contribution < -0.4 is 0 Å². The molecule has 2 rings (SSSR count). The molecule has 1 aliphatic rings. The monoisotopic (exact) mass is 351 g/mol. The molecular weight excluding hydrogens is 326 g/mol. The lowest BCUT2D eigenvalue weighted by Crippen LogP contribution is -2.55. The molecule has 5 nitrogen and oxygen atoms in total. The number of rotatable bonds is 5. The number of benzene rings is 1. The van der Waals surface area contributed by atoms with Gasteiger partial charge in [-0.05, 0) is 43.9 Å². The Bertz CT molecular complexity index is 722. The third kappa shape index (κ3) is 3.87. The van der Waals surface area contributed by atoms with E-state index in [-0.39, 0.29) is 17.4 Å². The zero-order valence-electron chi connectivity index (χ0n) is 14.7. The highest BCUT2D eigenvalue weighted by Gasteiger charge is 2.43. The smallest absolute Gasteiger partial charge is 0.325 e. The van der Waals surface area contributed by atoms with E-state index < -0.39 is 28.1 Å². The van der Waals surface area contributed by atoms with Crippen molar-refractivity contribution in [3.05, 3.63) is 42.0 Å². The first-order chi connectivity index (χ1) is 11.1. The number of sulfonamides is 1. The Kier molecular flexibility index (Phi) is 5.50. The summed E-state index contributed by atoms with van der Waals surface area (Å²) in [5.41, 5.74) is 1.61. The second-order valence-electron chi connectivity index (χ2n) is 6.81. The van der Waals surface area contributed by atoms with Gasteiger partial charge in [-0.25, -0.2) is 8.42 Å². The standard InChI is InChI=1S/C18H25NO4S/c1-12(2)10-16-18(20)23-17(13(3)4)11-19(16)24(21,22)15-8-6-14(5)7-9-15/h6-9,12,16-17H,3,10-11H2,1-2,4-5H3/t16-,17-/m1/s1. The quantitative estimate of drug-likeness (QED) is 0.604. The molecule has 1 aliphatic heterocycles. The summed E-state index contributed by atoms with van der Waals surface area (Å²) in [5.74, 6) is -0.335. The van der Waals surface area contributed by atoms with Gasteiger partial charge in [0.1, 0.15) is 12.1 Å². The van der Waals surface area contributed by atoms with Gasteiger partial charge in [0.05, 0.1) is 11.4 Å². The van der Waals surface area contributed by atoms with Gasteiger partial charge in [-0.15, -0.1) is 0 Å². The van der Waals surface area contributed by atoms with Crippen molar-refractivity contribution in [3.63, 3.8) is 0 Å². The molecule has 1 aromatic carbocycles. The molecule has 0 saturated carbocycles. The van der Waals surface area contributed by atoms with Crippen LogP contribution in [0.25, 0.3) is 0 Å². The van der Waals surface area contributed by atoms with Crippen LogP contribution >= 0.6 is 0 Å². The number of nitrogens with zero attached hydrogens (tertiary/aromatic N) is 1. The normalized spacial score (nSPS) is 22.5. The third-order valence-electron chi connectivity index (χ3n) is 4.10. The average Bonchev–Trinajstić information content (AvgIpc) is 2.48. The first-order valence-corrected chi connectivity index (χ1v) is 9.51. The second kappa shape index (κ2) is 7.07. The van der Waals surface area contributed by atoms with E-state index in [2.05, 4.69) is 6.58 Å². The molecule has 1 aromatic rings. The molecule has 2 atom stereocenters. The molecule has 0 unspecified atom stereocenters. The number of hydrogen-bond donors (Lipinski definition) is 0. The third-order valence-corrected chi connectivity index (χ3v) is 5.98. The molecular formula is C18H25NO4S. The summed E-state index contributed by atoms with van der Waals surface area (Å²) in [4.78, 5) is 12.6. The molecule has 1 saturated heterocycles. The van der Waals surface area contributed by atoms with Gasteiger partial charge < -0.3 is 4.74 Å². The van der Waals surface area contributed by atoms with Crippen LogP contribution in [0.2, 0.25) is 0 Å². The molecule has 0 N–H and O–H groups in total. The largest absolute Gasteiger partial charge is 0.455 e. The van der Waals surface area contributed by atoms with E-state index in [0.29, 0.717) is 12.0 Å². The van der Waals surface area contributed by atoms with Crippen molar-refractivity contribution < 1.29 is 17.9 Å². The Morgan fingerprint density at radius 2 is 1.92 bits per heavy atom. The van der Waals surface area contributed by atoms with Crippen LogP contribution in [0, 0.1) is 12.8 Å². The molecule has 1 heterocycles. The first kappa shape index (κ1) is 18.7. The van der Waals surface area contributed by atoms with Crippen LogP contribution in [-0.4, -0.2) is 37.4 Å². The van der Waals surface area contributed by atoms with Gasteiger partial charge in [-0.1, -0.05) is 38.1 Å². The minimum Gasteiger partial charge on any atom is -0.455 e. The summed E-state index contributed by atoms with van der Waals surface area (Å²) in [7, 11) is -3.78. The average molecular weight is 351 g/mol. The van der Waals surface area contributed by atoms with Crippen molar-refractivity contribution in [3.8, 4) is 0 Å².